The number of hydrogen-bond donors (Lipinski definition) is 2. The fraction of sp³-hybridized carbons (Fsp3) is 0.500. The average molecular weight is 184 g/mol. The second kappa shape index (κ2) is 3.16. The predicted molar refractivity (Wildman–Crippen MR) is 44.9 cm³/mol. The Balaban J connectivity index is 1.90. The molecule has 0 spiro atoms. The van der Waals surface area contributed by atoms with E-state index in [1.165, 1.54) is 11.3 Å². The van der Waals surface area contributed by atoms with Crippen molar-refractivity contribution >= 4 is 22.4 Å². The van der Waals surface area contributed by atoms with Crippen LogP contribution in [0.4, 0.5) is 5.13 Å². The van der Waals surface area contributed by atoms with E-state index in [1.807, 2.05) is 0 Å². The minimum Gasteiger partial charge on any atom is -0.306 e. The van der Waals surface area contributed by atoms with E-state index in [9.17, 15) is 4.79 Å². The number of nitrogens with one attached hydrogen (secondary N) is 2. The molecule has 1 aliphatic heterocycles. The van der Waals surface area contributed by atoms with Gasteiger partial charge in [-0.1, -0.05) is 11.3 Å². The van der Waals surface area contributed by atoms with Gasteiger partial charge in [0.15, 0.2) is 0 Å². The lowest BCUT2D eigenvalue weighted by atomic mass is 10.1. The van der Waals surface area contributed by atoms with Crippen molar-refractivity contribution in [3.05, 3.63) is 5.51 Å². The van der Waals surface area contributed by atoms with Gasteiger partial charge in [-0.3, -0.25) is 10.1 Å². The zero-order valence-corrected chi connectivity index (χ0v) is 7.10. The minimum atomic E-state index is -0.0334. The smallest absolute Gasteiger partial charge is 0.243 e. The average Bonchev–Trinajstić information content (AvgIpc) is 2.34. The van der Waals surface area contributed by atoms with Crippen molar-refractivity contribution in [3.63, 3.8) is 0 Å². The zero-order chi connectivity index (χ0) is 8.39. The summed E-state index contributed by atoms with van der Waals surface area (Å²) in [5, 5.41) is 13.6. The van der Waals surface area contributed by atoms with Crippen molar-refractivity contribution in [1.29, 1.82) is 0 Å². The number of carbonyl (C=O) groups is 1. The quantitative estimate of drug-likeness (QED) is 0.670. The summed E-state index contributed by atoms with van der Waals surface area (Å²) in [5.74, 6) is -0.0157. The Labute approximate surface area is 73.2 Å². The van der Waals surface area contributed by atoms with Gasteiger partial charge in [-0.15, -0.1) is 10.2 Å². The number of nitrogens with zero attached hydrogens (tertiary/aromatic N) is 2. The first-order chi connectivity index (χ1) is 5.86. The summed E-state index contributed by atoms with van der Waals surface area (Å²) in [7, 11) is 0. The summed E-state index contributed by atoms with van der Waals surface area (Å²) in [6, 6.07) is -0.0334. The molecule has 1 unspecified atom stereocenters. The van der Waals surface area contributed by atoms with Crippen LogP contribution in [-0.2, 0) is 4.79 Å². The highest BCUT2D eigenvalue weighted by atomic mass is 32.1. The van der Waals surface area contributed by atoms with Crippen LogP contribution in [0.25, 0.3) is 0 Å². The van der Waals surface area contributed by atoms with E-state index in [1.54, 1.807) is 5.51 Å². The normalized spacial score (nSPS) is 21.5. The fourth-order valence-electron chi connectivity index (χ4n) is 0.933. The van der Waals surface area contributed by atoms with Crippen molar-refractivity contribution in [2.45, 2.75) is 12.5 Å². The molecule has 12 heavy (non-hydrogen) atoms. The van der Waals surface area contributed by atoms with Crippen molar-refractivity contribution < 1.29 is 4.79 Å². The molecule has 0 radical (unpaired) electrons. The third-order valence-corrected chi connectivity index (χ3v) is 2.34. The Kier molecular flexibility index (Phi) is 2.01. The molecule has 5 nitrogen and oxygen atoms in total. The fourth-order valence-corrected chi connectivity index (χ4v) is 1.38. The van der Waals surface area contributed by atoms with E-state index in [4.69, 9.17) is 0 Å². The van der Waals surface area contributed by atoms with Gasteiger partial charge in [0.25, 0.3) is 0 Å². The van der Waals surface area contributed by atoms with Crippen LogP contribution >= 0.6 is 11.3 Å². The molecule has 0 saturated carbocycles. The van der Waals surface area contributed by atoms with Gasteiger partial charge in [-0.2, -0.15) is 0 Å². The van der Waals surface area contributed by atoms with Gasteiger partial charge in [-0.05, 0) is 13.0 Å². The molecule has 1 aromatic heterocycles. The van der Waals surface area contributed by atoms with Crippen LogP contribution in [0.3, 0.4) is 0 Å². The molecule has 1 atom stereocenters. The molecule has 2 N–H and O–H groups in total. The van der Waals surface area contributed by atoms with Crippen LogP contribution in [0, 0.1) is 0 Å². The molecule has 1 amide bonds. The van der Waals surface area contributed by atoms with E-state index in [0.29, 0.717) is 5.13 Å². The van der Waals surface area contributed by atoms with Crippen LogP contribution in [0.5, 0.6) is 0 Å². The van der Waals surface area contributed by atoms with E-state index in [0.717, 1.165) is 13.0 Å². The molecule has 2 heterocycles. The largest absolute Gasteiger partial charge is 0.306 e. The maximum Gasteiger partial charge on any atom is 0.243 e. The van der Waals surface area contributed by atoms with Crippen LogP contribution in [-0.4, -0.2) is 28.7 Å². The number of carbonyl (C=O) groups excluding carboxylic acids is 1. The Hall–Kier alpha value is -1.01. The van der Waals surface area contributed by atoms with Gasteiger partial charge in [-0.25, -0.2) is 0 Å². The minimum absolute atomic E-state index is 0.0157. The Morgan fingerprint density at radius 2 is 2.67 bits per heavy atom. The standard InChI is InChI=1S/C6H8N4OS/c11-5(4-1-2-7-4)9-6-10-8-3-12-6/h3-4,7H,1-2H2,(H,9,10,11). The summed E-state index contributed by atoms with van der Waals surface area (Å²) in [6.45, 7) is 0.925. The third kappa shape index (κ3) is 1.44. The highest BCUT2D eigenvalue weighted by Crippen LogP contribution is 2.10. The van der Waals surface area contributed by atoms with Gasteiger partial charge in [0.1, 0.15) is 5.51 Å². The van der Waals surface area contributed by atoms with Gasteiger partial charge in [0.05, 0.1) is 6.04 Å². The monoisotopic (exact) mass is 184 g/mol. The summed E-state index contributed by atoms with van der Waals surface area (Å²) in [6.07, 6.45) is 0.907. The lowest BCUT2D eigenvalue weighted by Crippen LogP contribution is -2.50. The zero-order valence-electron chi connectivity index (χ0n) is 6.28. The number of amides is 1. The second-order valence-electron chi connectivity index (χ2n) is 2.53. The molecule has 6 heteroatoms. The molecule has 1 aliphatic rings. The first-order valence-corrected chi connectivity index (χ1v) is 4.54. The van der Waals surface area contributed by atoms with E-state index >= 15 is 0 Å². The van der Waals surface area contributed by atoms with Crippen LogP contribution in [0.15, 0.2) is 5.51 Å². The van der Waals surface area contributed by atoms with Gasteiger partial charge >= 0.3 is 0 Å². The molecular weight excluding hydrogens is 176 g/mol. The SMILES string of the molecule is O=C(Nc1nncs1)C1CCN1. The topological polar surface area (TPSA) is 66.9 Å². The van der Waals surface area contributed by atoms with Crippen molar-refractivity contribution in [2.24, 2.45) is 0 Å². The van der Waals surface area contributed by atoms with E-state index in [-0.39, 0.29) is 11.9 Å². The molecule has 0 aliphatic carbocycles. The highest BCUT2D eigenvalue weighted by molar-refractivity contribution is 7.13. The van der Waals surface area contributed by atoms with Gasteiger partial charge in [0, 0.05) is 0 Å². The summed E-state index contributed by atoms with van der Waals surface area (Å²) in [4.78, 5) is 11.3. The first-order valence-electron chi connectivity index (χ1n) is 3.66. The molecule has 1 saturated heterocycles. The summed E-state index contributed by atoms with van der Waals surface area (Å²) < 4.78 is 0. The van der Waals surface area contributed by atoms with Gasteiger partial charge in [0.2, 0.25) is 11.0 Å². The molecule has 0 bridgehead atoms. The maximum absolute atomic E-state index is 11.3. The lowest BCUT2D eigenvalue weighted by Gasteiger charge is -2.25. The van der Waals surface area contributed by atoms with Crippen LogP contribution in [0.1, 0.15) is 6.42 Å². The molecule has 0 aromatic carbocycles. The van der Waals surface area contributed by atoms with Crippen LogP contribution in [0.2, 0.25) is 0 Å². The predicted octanol–water partition coefficient (Wildman–Crippen LogP) is -0.162. The number of aromatic nitrogens is 2. The molecule has 1 fully saturated rings. The van der Waals surface area contributed by atoms with Crippen molar-refractivity contribution in [3.8, 4) is 0 Å². The third-order valence-electron chi connectivity index (χ3n) is 1.73. The van der Waals surface area contributed by atoms with E-state index in [2.05, 4.69) is 20.8 Å². The first kappa shape index (κ1) is 7.63. The summed E-state index contributed by atoms with van der Waals surface area (Å²) >= 11 is 1.32. The Morgan fingerprint density at radius 1 is 1.83 bits per heavy atom. The van der Waals surface area contributed by atoms with Crippen molar-refractivity contribution in [1.82, 2.24) is 15.5 Å². The van der Waals surface area contributed by atoms with Crippen LogP contribution < -0.4 is 10.6 Å². The number of hydrogen-bond acceptors (Lipinski definition) is 5. The lowest BCUT2D eigenvalue weighted by molar-refractivity contribution is -0.119. The summed E-state index contributed by atoms with van der Waals surface area (Å²) in [5.41, 5.74) is 1.59. The molecular formula is C6H8N4OS. The van der Waals surface area contributed by atoms with Crippen molar-refractivity contribution in [2.75, 3.05) is 11.9 Å². The maximum atomic E-state index is 11.3. The number of rotatable bonds is 2. The number of anilines is 1. The molecule has 2 rings (SSSR count). The second-order valence-corrected chi connectivity index (χ2v) is 3.36. The Bertz CT molecular complexity index is 269. The Morgan fingerprint density at radius 3 is 3.17 bits per heavy atom. The van der Waals surface area contributed by atoms with Gasteiger partial charge < -0.3 is 5.32 Å². The highest BCUT2D eigenvalue weighted by Gasteiger charge is 2.24. The molecule has 1 aromatic rings. The van der Waals surface area contributed by atoms with E-state index < -0.39 is 0 Å². The molecule has 64 valence electrons.